The Bertz CT molecular complexity index is 1270. The van der Waals surface area contributed by atoms with Gasteiger partial charge in [-0.3, -0.25) is 9.89 Å². The number of aromatic amines is 1. The van der Waals surface area contributed by atoms with Crippen LogP contribution in [-0.2, 0) is 4.74 Å². The third kappa shape index (κ3) is 5.62. The van der Waals surface area contributed by atoms with E-state index in [0.29, 0.717) is 43.7 Å². The number of H-pyrrole nitrogens is 1. The first-order chi connectivity index (χ1) is 17.9. The molecule has 1 amide bonds. The number of likely N-dealkylation sites (tertiary alicyclic amines) is 1. The molecule has 3 N–H and O–H groups in total. The summed E-state index contributed by atoms with van der Waals surface area (Å²) in [5.41, 5.74) is 0.909. The molecule has 0 bridgehead atoms. The highest BCUT2D eigenvalue weighted by atomic mass is 35.5. The van der Waals surface area contributed by atoms with Crippen LogP contribution in [0.1, 0.15) is 35.3 Å². The molecule has 0 saturated carbocycles. The minimum absolute atomic E-state index is 0.0228. The molecule has 2 aromatic heterocycles. The van der Waals surface area contributed by atoms with Crippen LogP contribution in [-0.4, -0.2) is 76.4 Å². The number of aromatic nitrogens is 4. The highest BCUT2D eigenvalue weighted by Crippen LogP contribution is 2.29. The van der Waals surface area contributed by atoms with Crippen molar-refractivity contribution in [2.24, 2.45) is 0 Å². The molecule has 0 radical (unpaired) electrons. The van der Waals surface area contributed by atoms with Crippen molar-refractivity contribution in [2.45, 2.75) is 38.3 Å². The van der Waals surface area contributed by atoms with Gasteiger partial charge in [-0.15, -0.1) is 0 Å². The summed E-state index contributed by atoms with van der Waals surface area (Å²) in [7, 11) is 1.71. The normalized spacial score (nSPS) is 19.5. The molecule has 1 aromatic carbocycles. The second-order valence-electron chi connectivity index (χ2n) is 9.42. The maximum Gasteiger partial charge on any atom is 0.256 e. The van der Waals surface area contributed by atoms with Crippen molar-refractivity contribution in [3.8, 4) is 0 Å². The lowest BCUT2D eigenvalue weighted by molar-refractivity contribution is 0.0787. The molecule has 2 aliphatic heterocycles. The van der Waals surface area contributed by atoms with Crippen LogP contribution in [0.3, 0.4) is 0 Å². The molecule has 2 atom stereocenters. The first-order valence-corrected chi connectivity index (χ1v) is 12.7. The lowest BCUT2D eigenvalue weighted by Crippen LogP contribution is -2.34. The van der Waals surface area contributed by atoms with Crippen LogP contribution >= 0.6 is 11.6 Å². The zero-order valence-electron chi connectivity index (χ0n) is 20.8. The molecule has 3 aromatic rings. The lowest BCUT2D eigenvalue weighted by atomic mass is 10.2. The topological polar surface area (TPSA) is 111 Å². The van der Waals surface area contributed by atoms with Crippen molar-refractivity contribution in [3.05, 3.63) is 52.4 Å². The van der Waals surface area contributed by atoms with Gasteiger partial charge in [0.1, 0.15) is 11.6 Å². The van der Waals surface area contributed by atoms with E-state index < -0.39 is 5.82 Å². The number of amides is 1. The van der Waals surface area contributed by atoms with E-state index in [1.54, 1.807) is 18.1 Å². The molecule has 196 valence electrons. The molecule has 37 heavy (non-hydrogen) atoms. The second-order valence-corrected chi connectivity index (χ2v) is 9.83. The largest absolute Gasteiger partial charge is 0.383 e. The predicted molar refractivity (Wildman–Crippen MR) is 140 cm³/mol. The summed E-state index contributed by atoms with van der Waals surface area (Å²) < 4.78 is 19.8. The molecular formula is C25H30ClFN8O2. The predicted octanol–water partition coefficient (Wildman–Crippen LogP) is 3.99. The van der Waals surface area contributed by atoms with Crippen LogP contribution in [0.25, 0.3) is 0 Å². The average Bonchev–Trinajstić information content (AvgIpc) is 3.62. The van der Waals surface area contributed by atoms with Crippen LogP contribution < -0.4 is 15.5 Å². The first kappa shape index (κ1) is 25.2. The van der Waals surface area contributed by atoms with E-state index >= 15 is 0 Å². The number of carbonyl (C=O) groups excluding carboxylic acids is 1. The van der Waals surface area contributed by atoms with Crippen molar-refractivity contribution < 1.29 is 13.9 Å². The van der Waals surface area contributed by atoms with Gasteiger partial charge in [-0.25, -0.2) is 4.39 Å². The van der Waals surface area contributed by atoms with Gasteiger partial charge in [-0.2, -0.15) is 15.1 Å². The summed E-state index contributed by atoms with van der Waals surface area (Å²) >= 11 is 5.87. The number of benzene rings is 1. The Kier molecular flexibility index (Phi) is 7.43. The zero-order chi connectivity index (χ0) is 25.9. The van der Waals surface area contributed by atoms with Crippen molar-refractivity contribution in [2.75, 3.05) is 48.9 Å². The Labute approximate surface area is 219 Å². The molecular weight excluding hydrogens is 499 g/mol. The molecule has 0 unspecified atom stereocenters. The Morgan fingerprint density at radius 3 is 2.89 bits per heavy atom. The molecule has 10 nitrogen and oxygen atoms in total. The van der Waals surface area contributed by atoms with E-state index in [0.717, 1.165) is 30.9 Å². The molecule has 4 heterocycles. The number of nitrogens with one attached hydrogen (secondary N) is 3. The van der Waals surface area contributed by atoms with Gasteiger partial charge >= 0.3 is 0 Å². The number of nitrogens with zero attached hydrogens (tertiary/aromatic N) is 5. The smallest absolute Gasteiger partial charge is 0.256 e. The van der Waals surface area contributed by atoms with Gasteiger partial charge in [-0.05, 0) is 38.3 Å². The Morgan fingerprint density at radius 2 is 2.11 bits per heavy atom. The SMILES string of the molecule is COC[C@@H]1CCCN1c1cc(Nc2cc(C)[nH]n2)nc(N[C@H]2CCN(C(=O)c3cccc(Cl)c3F)C2)n1. The summed E-state index contributed by atoms with van der Waals surface area (Å²) in [5.74, 6) is 1.43. The summed E-state index contributed by atoms with van der Waals surface area (Å²) in [5, 5.41) is 13.7. The van der Waals surface area contributed by atoms with E-state index in [1.165, 1.54) is 12.1 Å². The Morgan fingerprint density at radius 1 is 1.24 bits per heavy atom. The van der Waals surface area contributed by atoms with Gasteiger partial charge in [0, 0.05) is 50.6 Å². The van der Waals surface area contributed by atoms with Crippen LogP contribution in [0.4, 0.5) is 27.8 Å². The molecule has 5 rings (SSSR count). The number of anilines is 4. The van der Waals surface area contributed by atoms with Gasteiger partial charge in [0.2, 0.25) is 5.95 Å². The number of hydrogen-bond donors (Lipinski definition) is 3. The molecule has 12 heteroatoms. The van der Waals surface area contributed by atoms with Gasteiger partial charge in [0.05, 0.1) is 23.2 Å². The van der Waals surface area contributed by atoms with E-state index in [4.69, 9.17) is 21.3 Å². The van der Waals surface area contributed by atoms with Crippen molar-refractivity contribution in [3.63, 3.8) is 0 Å². The molecule has 2 saturated heterocycles. The molecule has 2 aliphatic rings. The summed E-state index contributed by atoms with van der Waals surface area (Å²) in [4.78, 5) is 26.3. The van der Waals surface area contributed by atoms with Crippen molar-refractivity contribution in [1.82, 2.24) is 25.1 Å². The fourth-order valence-electron chi connectivity index (χ4n) is 4.91. The number of rotatable bonds is 8. The molecule has 0 spiro atoms. The highest BCUT2D eigenvalue weighted by Gasteiger charge is 2.30. The van der Waals surface area contributed by atoms with Gasteiger partial charge in [0.15, 0.2) is 11.6 Å². The monoisotopic (exact) mass is 528 g/mol. The number of ether oxygens (including phenoxy) is 1. The summed E-state index contributed by atoms with van der Waals surface area (Å²) in [6.45, 7) is 4.31. The summed E-state index contributed by atoms with van der Waals surface area (Å²) in [6.07, 6.45) is 2.77. The maximum atomic E-state index is 14.4. The highest BCUT2D eigenvalue weighted by molar-refractivity contribution is 6.31. The van der Waals surface area contributed by atoms with Crippen molar-refractivity contribution >= 4 is 40.9 Å². The third-order valence-corrected chi connectivity index (χ3v) is 6.99. The molecule has 2 fully saturated rings. The van der Waals surface area contributed by atoms with E-state index in [1.807, 2.05) is 19.1 Å². The van der Waals surface area contributed by atoms with Crippen LogP contribution in [0.15, 0.2) is 30.3 Å². The molecule has 0 aliphatic carbocycles. The van der Waals surface area contributed by atoms with E-state index in [9.17, 15) is 9.18 Å². The minimum Gasteiger partial charge on any atom is -0.383 e. The summed E-state index contributed by atoms with van der Waals surface area (Å²) in [6, 6.07) is 8.42. The number of methoxy groups -OCH3 is 1. The quantitative estimate of drug-likeness (QED) is 0.402. The van der Waals surface area contributed by atoms with Crippen molar-refractivity contribution in [1.29, 1.82) is 0 Å². The number of hydrogen-bond acceptors (Lipinski definition) is 8. The number of carbonyl (C=O) groups is 1. The maximum absolute atomic E-state index is 14.4. The average molecular weight is 529 g/mol. The standard InChI is InChI=1S/C25H30ClFN8O2/c1-15-11-21(33-32-15)29-20-12-22(35-9-4-5-17(35)14-37-2)31-25(30-20)28-16-8-10-34(13-16)24(36)18-6-3-7-19(26)23(18)27/h3,6-7,11-12,16-17H,4-5,8-10,13-14H2,1-2H3,(H3,28,29,30,31,32,33)/t16-,17-/m0/s1. The lowest BCUT2D eigenvalue weighted by Gasteiger charge is -2.26. The van der Waals surface area contributed by atoms with Gasteiger partial charge < -0.3 is 25.2 Å². The number of halogens is 2. The fraction of sp³-hybridized carbons (Fsp3) is 0.440. The van der Waals surface area contributed by atoms with Crippen LogP contribution in [0, 0.1) is 12.7 Å². The van der Waals surface area contributed by atoms with Crippen LogP contribution in [0.2, 0.25) is 5.02 Å². The van der Waals surface area contributed by atoms with Gasteiger partial charge in [-0.1, -0.05) is 17.7 Å². The van der Waals surface area contributed by atoms with Gasteiger partial charge in [0.25, 0.3) is 5.91 Å². The third-order valence-electron chi connectivity index (χ3n) is 6.70. The minimum atomic E-state index is -0.692. The van der Waals surface area contributed by atoms with E-state index in [-0.39, 0.29) is 28.6 Å². The zero-order valence-corrected chi connectivity index (χ0v) is 21.6. The second kappa shape index (κ2) is 10.9. The Hall–Kier alpha value is -3.44. The Balaban J connectivity index is 1.35. The number of aryl methyl sites for hydroxylation is 1. The van der Waals surface area contributed by atoms with E-state index in [2.05, 4.69) is 30.7 Å². The fourth-order valence-corrected chi connectivity index (χ4v) is 5.09. The first-order valence-electron chi connectivity index (χ1n) is 12.3. The van der Waals surface area contributed by atoms with Crippen LogP contribution in [0.5, 0.6) is 0 Å².